The van der Waals surface area contributed by atoms with Gasteiger partial charge in [0.2, 0.25) is 0 Å². The number of alkyl halides is 1. The third-order valence-corrected chi connectivity index (χ3v) is 4.06. The summed E-state index contributed by atoms with van der Waals surface area (Å²) in [4.78, 5) is 12.0. The summed E-state index contributed by atoms with van der Waals surface area (Å²) in [6.07, 6.45) is 0. The monoisotopic (exact) mass is 332 g/mol. The molecule has 1 atom stereocenters. The van der Waals surface area contributed by atoms with Gasteiger partial charge in [-0.3, -0.25) is 4.79 Å². The quantitative estimate of drug-likeness (QED) is 0.559. The lowest BCUT2D eigenvalue weighted by atomic mass is 9.92. The highest BCUT2D eigenvalue weighted by Gasteiger charge is 2.30. The highest BCUT2D eigenvalue weighted by molar-refractivity contribution is 6.30. The average molecular weight is 333 g/mol. The molecule has 0 saturated heterocycles. The van der Waals surface area contributed by atoms with E-state index in [0.717, 1.165) is 11.3 Å². The maximum Gasteiger partial charge on any atom is 0.324 e. The minimum atomic E-state index is -0.675. The molecule has 2 rings (SSSR count). The van der Waals surface area contributed by atoms with Crippen LogP contribution in [-0.4, -0.2) is 11.3 Å². The lowest BCUT2D eigenvalue weighted by molar-refractivity contribution is -0.146. The van der Waals surface area contributed by atoms with Gasteiger partial charge in [0, 0.05) is 0 Å². The van der Waals surface area contributed by atoms with Crippen molar-refractivity contribution >= 4 is 17.6 Å². The third-order valence-electron chi connectivity index (χ3n) is 3.23. The van der Waals surface area contributed by atoms with Gasteiger partial charge in [-0.25, -0.2) is 0 Å². The number of esters is 1. The van der Waals surface area contributed by atoms with Crippen molar-refractivity contribution in [1.29, 1.82) is 0 Å². The zero-order valence-electron chi connectivity index (χ0n) is 13.6. The molecule has 2 aromatic rings. The second-order valence-electron chi connectivity index (χ2n) is 6.40. The summed E-state index contributed by atoms with van der Waals surface area (Å²) in [7, 11) is 0. The lowest BCUT2D eigenvalue weighted by Gasteiger charge is -2.23. The molecule has 0 radical (unpaired) electrons. The van der Waals surface area contributed by atoms with E-state index in [0.29, 0.717) is 5.75 Å². The van der Waals surface area contributed by atoms with Gasteiger partial charge < -0.3 is 9.47 Å². The number of benzene rings is 2. The number of carbonyl (C=O) groups is 1. The number of para-hydroxylation sites is 1. The maximum atomic E-state index is 12.0. The number of ether oxygens (including phenoxy) is 2. The topological polar surface area (TPSA) is 35.5 Å². The number of rotatable bonds is 5. The van der Waals surface area contributed by atoms with Crippen LogP contribution in [0.2, 0.25) is 0 Å². The van der Waals surface area contributed by atoms with E-state index in [4.69, 9.17) is 21.1 Å². The molecule has 4 heteroatoms. The van der Waals surface area contributed by atoms with Gasteiger partial charge >= 0.3 is 5.97 Å². The van der Waals surface area contributed by atoms with Crippen molar-refractivity contribution in [3.05, 3.63) is 60.2 Å². The van der Waals surface area contributed by atoms with Gasteiger partial charge in [-0.1, -0.05) is 51.1 Å². The zero-order valence-corrected chi connectivity index (χ0v) is 14.3. The van der Waals surface area contributed by atoms with E-state index in [-0.39, 0.29) is 12.0 Å². The molecule has 0 aliphatic carbocycles. The summed E-state index contributed by atoms with van der Waals surface area (Å²) in [5.74, 6) is 1.05. The van der Waals surface area contributed by atoms with Crippen molar-refractivity contribution in [2.45, 2.75) is 32.8 Å². The smallest absolute Gasteiger partial charge is 0.324 e. The molecule has 0 heterocycles. The molecule has 1 unspecified atom stereocenters. The molecule has 23 heavy (non-hydrogen) atoms. The Morgan fingerprint density at radius 2 is 1.70 bits per heavy atom. The molecule has 0 spiro atoms. The molecular weight excluding hydrogens is 312 g/mol. The Morgan fingerprint density at radius 1 is 1.04 bits per heavy atom. The lowest BCUT2D eigenvalue weighted by Crippen LogP contribution is -2.30. The molecule has 0 fully saturated rings. The van der Waals surface area contributed by atoms with Crippen molar-refractivity contribution < 1.29 is 14.3 Å². The summed E-state index contributed by atoms with van der Waals surface area (Å²) < 4.78 is 11.1. The molecule has 0 bridgehead atoms. The Kier molecular flexibility index (Phi) is 5.67. The molecule has 0 amide bonds. The van der Waals surface area contributed by atoms with Crippen LogP contribution in [0.1, 0.15) is 26.3 Å². The first-order chi connectivity index (χ1) is 10.9. The van der Waals surface area contributed by atoms with Gasteiger partial charge in [-0.15, -0.1) is 11.6 Å². The molecule has 0 aromatic heterocycles. The second-order valence-corrected chi connectivity index (χ2v) is 6.84. The number of carbonyl (C=O) groups excluding carboxylic acids is 1. The molecular formula is C19H21ClO3. The van der Waals surface area contributed by atoms with Crippen molar-refractivity contribution in [2.75, 3.05) is 0 Å². The highest BCUT2D eigenvalue weighted by atomic mass is 35.5. The zero-order chi connectivity index (χ0) is 16.9. The Bertz CT molecular complexity index is 647. The SMILES string of the molecule is CC(C)(C)C(Cl)C(=O)OCc1cccc(Oc2ccccc2)c1. The van der Waals surface area contributed by atoms with E-state index in [9.17, 15) is 4.79 Å². The predicted molar refractivity (Wildman–Crippen MR) is 91.9 cm³/mol. The highest BCUT2D eigenvalue weighted by Crippen LogP contribution is 2.26. The van der Waals surface area contributed by atoms with Gasteiger partial charge in [0.1, 0.15) is 23.5 Å². The fraction of sp³-hybridized carbons (Fsp3) is 0.316. The summed E-state index contributed by atoms with van der Waals surface area (Å²) >= 11 is 6.11. The summed E-state index contributed by atoms with van der Waals surface area (Å²) in [5.41, 5.74) is 0.515. The van der Waals surface area contributed by atoms with Crippen molar-refractivity contribution in [3.63, 3.8) is 0 Å². The van der Waals surface area contributed by atoms with Crippen LogP contribution in [0.4, 0.5) is 0 Å². The molecule has 122 valence electrons. The van der Waals surface area contributed by atoms with Crippen LogP contribution in [0.3, 0.4) is 0 Å². The van der Waals surface area contributed by atoms with Crippen LogP contribution in [0.15, 0.2) is 54.6 Å². The van der Waals surface area contributed by atoms with E-state index in [1.807, 2.05) is 75.4 Å². The van der Waals surface area contributed by atoms with E-state index in [1.165, 1.54) is 0 Å². The predicted octanol–water partition coefficient (Wildman–Crippen LogP) is 5.18. The molecule has 0 saturated carbocycles. The van der Waals surface area contributed by atoms with Crippen LogP contribution >= 0.6 is 11.6 Å². The molecule has 3 nitrogen and oxygen atoms in total. The van der Waals surface area contributed by atoms with Crippen LogP contribution in [0.25, 0.3) is 0 Å². The largest absolute Gasteiger partial charge is 0.460 e. The van der Waals surface area contributed by atoms with Crippen molar-refractivity contribution in [3.8, 4) is 11.5 Å². The Morgan fingerprint density at radius 3 is 2.35 bits per heavy atom. The van der Waals surface area contributed by atoms with Gasteiger partial charge in [0.05, 0.1) is 0 Å². The van der Waals surface area contributed by atoms with Gasteiger partial charge in [-0.2, -0.15) is 0 Å². The van der Waals surface area contributed by atoms with Gasteiger partial charge in [-0.05, 0) is 35.2 Å². The summed E-state index contributed by atoms with van der Waals surface area (Å²) in [6, 6.07) is 17.0. The average Bonchev–Trinajstić information content (AvgIpc) is 2.52. The number of hydrogen-bond acceptors (Lipinski definition) is 3. The van der Waals surface area contributed by atoms with Crippen LogP contribution < -0.4 is 4.74 Å². The first-order valence-corrected chi connectivity index (χ1v) is 7.92. The van der Waals surface area contributed by atoms with Crippen LogP contribution in [0, 0.1) is 5.41 Å². The van der Waals surface area contributed by atoms with Crippen LogP contribution in [0.5, 0.6) is 11.5 Å². The first kappa shape index (κ1) is 17.4. The normalized spacial score (nSPS) is 12.5. The van der Waals surface area contributed by atoms with E-state index < -0.39 is 11.3 Å². The summed E-state index contributed by atoms with van der Waals surface area (Å²) in [6.45, 7) is 5.88. The van der Waals surface area contributed by atoms with E-state index in [1.54, 1.807) is 0 Å². The fourth-order valence-corrected chi connectivity index (χ4v) is 1.97. The van der Waals surface area contributed by atoms with Crippen molar-refractivity contribution in [2.24, 2.45) is 5.41 Å². The molecule has 0 aliphatic rings. The standard InChI is InChI=1S/C19H21ClO3/c1-19(2,3)17(20)18(21)22-13-14-8-7-11-16(12-14)23-15-9-5-4-6-10-15/h4-12,17H,13H2,1-3H3. The van der Waals surface area contributed by atoms with Crippen LogP contribution in [-0.2, 0) is 16.1 Å². The Labute approximate surface area is 142 Å². The Hall–Kier alpha value is -2.00. The van der Waals surface area contributed by atoms with Gasteiger partial charge in [0.15, 0.2) is 0 Å². The second kappa shape index (κ2) is 7.51. The minimum absolute atomic E-state index is 0.171. The maximum absolute atomic E-state index is 12.0. The Balaban J connectivity index is 1.97. The fourth-order valence-electron chi connectivity index (χ4n) is 1.90. The number of halogens is 1. The molecule has 0 aliphatic heterocycles. The molecule has 2 aromatic carbocycles. The van der Waals surface area contributed by atoms with E-state index >= 15 is 0 Å². The third kappa shape index (κ3) is 5.29. The number of hydrogen-bond donors (Lipinski definition) is 0. The van der Waals surface area contributed by atoms with E-state index in [2.05, 4.69) is 0 Å². The molecule has 0 N–H and O–H groups in total. The van der Waals surface area contributed by atoms with Crippen molar-refractivity contribution in [1.82, 2.24) is 0 Å². The minimum Gasteiger partial charge on any atom is -0.460 e. The van der Waals surface area contributed by atoms with Gasteiger partial charge in [0.25, 0.3) is 0 Å². The first-order valence-electron chi connectivity index (χ1n) is 7.49. The summed E-state index contributed by atoms with van der Waals surface area (Å²) in [5, 5.41) is -0.675.